The molecule has 1 heterocycles. The quantitative estimate of drug-likeness (QED) is 0.565. The van der Waals surface area contributed by atoms with Crippen LogP contribution in [0.5, 0.6) is 5.75 Å². The molecule has 0 saturated carbocycles. The molecule has 0 bridgehead atoms. The third-order valence-electron chi connectivity index (χ3n) is 5.25. The van der Waals surface area contributed by atoms with E-state index in [2.05, 4.69) is 12.6 Å². The molecule has 3 rings (SSSR count). The summed E-state index contributed by atoms with van der Waals surface area (Å²) in [5.41, 5.74) is 0.675. The fraction of sp³-hybridized carbons (Fsp3) is 0.364. The third kappa shape index (κ3) is 5.08. The second-order valence-electron chi connectivity index (χ2n) is 7.56. The number of carboxylic acid groups (broad SMARTS) is 1. The van der Waals surface area contributed by atoms with Crippen LogP contribution < -0.4 is 4.74 Å². The van der Waals surface area contributed by atoms with Crippen LogP contribution in [0, 0.1) is 0 Å². The number of hydrogen-bond donors (Lipinski definition) is 2. The van der Waals surface area contributed by atoms with Crippen LogP contribution >= 0.6 is 12.6 Å². The van der Waals surface area contributed by atoms with Gasteiger partial charge in [0.25, 0.3) is 0 Å². The van der Waals surface area contributed by atoms with Crippen molar-refractivity contribution in [2.24, 2.45) is 0 Å². The second-order valence-corrected chi connectivity index (χ2v) is 10.2. The van der Waals surface area contributed by atoms with Crippen molar-refractivity contribution in [3.05, 3.63) is 59.7 Å². The van der Waals surface area contributed by atoms with Crippen molar-refractivity contribution in [3.8, 4) is 5.75 Å². The summed E-state index contributed by atoms with van der Waals surface area (Å²) in [6, 6.07) is 12.2. The molecule has 1 saturated heterocycles. The number of likely N-dealkylation sites (N-methyl/N-ethyl adjacent to an activating group) is 1. The van der Waals surface area contributed by atoms with E-state index in [-0.39, 0.29) is 46.9 Å². The van der Waals surface area contributed by atoms with E-state index >= 15 is 0 Å². The normalized spacial score (nSPS) is 19.0. The van der Waals surface area contributed by atoms with Gasteiger partial charge < -0.3 is 14.7 Å². The van der Waals surface area contributed by atoms with Crippen LogP contribution in [0.2, 0.25) is 0 Å². The Balaban J connectivity index is 1.89. The Labute approximate surface area is 193 Å². The Morgan fingerprint density at radius 1 is 1.22 bits per heavy atom. The lowest BCUT2D eigenvalue weighted by Crippen LogP contribution is -2.46. The van der Waals surface area contributed by atoms with Gasteiger partial charge in [0.1, 0.15) is 17.4 Å². The molecule has 8 nitrogen and oxygen atoms in total. The Kier molecular flexibility index (Phi) is 7.47. The maximum atomic E-state index is 13.4. The van der Waals surface area contributed by atoms with E-state index in [0.29, 0.717) is 6.54 Å². The molecule has 2 atom stereocenters. The Bertz CT molecular complexity index is 1090. The number of carbonyl (C=O) groups excluding carboxylic acids is 1. The minimum absolute atomic E-state index is 0.0522. The number of carboxylic acids is 1. The third-order valence-corrected chi connectivity index (χ3v) is 7.49. The maximum Gasteiger partial charge on any atom is 0.339 e. The first-order valence-corrected chi connectivity index (χ1v) is 12.1. The summed E-state index contributed by atoms with van der Waals surface area (Å²) in [5.74, 6) is -1.55. The van der Waals surface area contributed by atoms with Crippen molar-refractivity contribution in [1.82, 2.24) is 9.21 Å². The van der Waals surface area contributed by atoms with Crippen LogP contribution in [0.1, 0.15) is 29.3 Å². The van der Waals surface area contributed by atoms with Crippen LogP contribution in [0.4, 0.5) is 0 Å². The Morgan fingerprint density at radius 3 is 2.53 bits per heavy atom. The van der Waals surface area contributed by atoms with Gasteiger partial charge in [0.2, 0.25) is 15.9 Å². The van der Waals surface area contributed by atoms with Crippen molar-refractivity contribution in [2.75, 3.05) is 20.2 Å². The highest BCUT2D eigenvalue weighted by Gasteiger charge is 2.44. The fourth-order valence-electron chi connectivity index (χ4n) is 3.72. The first kappa shape index (κ1) is 24.1. The highest BCUT2D eigenvalue weighted by Crippen LogP contribution is 2.32. The lowest BCUT2D eigenvalue weighted by Gasteiger charge is -2.27. The maximum absolute atomic E-state index is 13.4. The summed E-state index contributed by atoms with van der Waals surface area (Å²) < 4.78 is 33.2. The standard InChI is InChI=1S/C22H26N2O6S2/c1-3-30-20-10-9-17(12-18(20)22(26)27)32(28,29)24-14-16(31)11-19(24)21(25)23(2)13-15-7-5-4-6-8-15/h4-10,12,16,19,31H,3,11,13-14H2,1-2H3,(H,26,27). The number of benzene rings is 2. The highest BCUT2D eigenvalue weighted by molar-refractivity contribution is 7.89. The number of thiol groups is 1. The van der Waals surface area contributed by atoms with E-state index in [0.717, 1.165) is 15.9 Å². The van der Waals surface area contributed by atoms with Crippen molar-refractivity contribution in [2.45, 2.75) is 36.1 Å². The van der Waals surface area contributed by atoms with E-state index < -0.39 is 22.0 Å². The summed E-state index contributed by atoms with van der Waals surface area (Å²) in [5, 5.41) is 9.17. The molecule has 2 unspecified atom stereocenters. The average Bonchev–Trinajstić information content (AvgIpc) is 3.16. The number of nitrogens with zero attached hydrogens (tertiary/aromatic N) is 2. The number of rotatable bonds is 8. The first-order valence-electron chi connectivity index (χ1n) is 10.1. The largest absolute Gasteiger partial charge is 0.493 e. The molecule has 1 amide bonds. The number of amides is 1. The first-order chi connectivity index (χ1) is 15.1. The summed E-state index contributed by atoms with van der Waals surface area (Å²) in [6.45, 7) is 2.34. The summed E-state index contributed by atoms with van der Waals surface area (Å²) >= 11 is 4.42. The molecular weight excluding hydrogens is 452 g/mol. The number of carbonyl (C=O) groups is 2. The topological polar surface area (TPSA) is 104 Å². The number of aromatic carboxylic acids is 1. The molecule has 1 fully saturated rings. The molecule has 172 valence electrons. The fourth-order valence-corrected chi connectivity index (χ4v) is 5.87. The molecule has 2 aromatic rings. The van der Waals surface area contributed by atoms with E-state index in [9.17, 15) is 23.1 Å². The summed E-state index contributed by atoms with van der Waals surface area (Å²) in [7, 11) is -2.51. The monoisotopic (exact) mass is 478 g/mol. The zero-order valence-electron chi connectivity index (χ0n) is 17.8. The van der Waals surface area contributed by atoms with Crippen LogP contribution in [0.3, 0.4) is 0 Å². The van der Waals surface area contributed by atoms with Gasteiger partial charge in [-0.2, -0.15) is 16.9 Å². The molecule has 0 radical (unpaired) electrons. The number of ether oxygens (including phenoxy) is 1. The second kappa shape index (κ2) is 9.93. The smallest absolute Gasteiger partial charge is 0.339 e. The lowest BCUT2D eigenvalue weighted by atomic mass is 10.1. The van der Waals surface area contributed by atoms with Gasteiger partial charge in [-0.1, -0.05) is 30.3 Å². The zero-order valence-corrected chi connectivity index (χ0v) is 19.6. The van der Waals surface area contributed by atoms with Gasteiger partial charge in [0, 0.05) is 25.4 Å². The van der Waals surface area contributed by atoms with Gasteiger partial charge in [-0.3, -0.25) is 4.79 Å². The molecule has 1 aliphatic heterocycles. The molecular formula is C22H26N2O6S2. The van der Waals surface area contributed by atoms with Crippen molar-refractivity contribution >= 4 is 34.5 Å². The summed E-state index contributed by atoms with van der Waals surface area (Å²) in [4.78, 5) is 26.1. The van der Waals surface area contributed by atoms with Gasteiger partial charge in [-0.05, 0) is 37.1 Å². The predicted octanol–water partition coefficient (Wildman–Crippen LogP) is 2.50. The zero-order chi connectivity index (χ0) is 23.5. The van der Waals surface area contributed by atoms with E-state index in [1.807, 2.05) is 30.3 Å². The van der Waals surface area contributed by atoms with Gasteiger partial charge in [-0.15, -0.1) is 0 Å². The molecule has 1 aliphatic rings. The number of hydrogen-bond acceptors (Lipinski definition) is 6. The molecule has 0 aliphatic carbocycles. The summed E-state index contributed by atoms with van der Waals surface area (Å²) in [6.07, 6.45) is 0.267. The highest BCUT2D eigenvalue weighted by atomic mass is 32.2. The van der Waals surface area contributed by atoms with Crippen LogP contribution in [-0.2, 0) is 21.4 Å². The number of sulfonamides is 1. The van der Waals surface area contributed by atoms with Gasteiger partial charge in [0.15, 0.2) is 0 Å². The predicted molar refractivity (Wildman–Crippen MR) is 123 cm³/mol. The van der Waals surface area contributed by atoms with Crippen LogP contribution in [-0.4, -0.2) is 66.1 Å². The van der Waals surface area contributed by atoms with E-state index in [1.54, 1.807) is 14.0 Å². The van der Waals surface area contributed by atoms with Crippen LogP contribution in [0.15, 0.2) is 53.4 Å². The minimum atomic E-state index is -4.14. The Hall–Kier alpha value is -2.56. The van der Waals surface area contributed by atoms with Crippen molar-refractivity contribution < 1.29 is 27.9 Å². The lowest BCUT2D eigenvalue weighted by molar-refractivity contribution is -0.133. The molecule has 2 aromatic carbocycles. The van der Waals surface area contributed by atoms with Gasteiger partial charge >= 0.3 is 5.97 Å². The van der Waals surface area contributed by atoms with E-state index in [4.69, 9.17) is 4.74 Å². The molecule has 1 N–H and O–H groups in total. The molecule has 0 spiro atoms. The van der Waals surface area contributed by atoms with Gasteiger partial charge in [-0.25, -0.2) is 13.2 Å². The molecule has 32 heavy (non-hydrogen) atoms. The van der Waals surface area contributed by atoms with Gasteiger partial charge in [0.05, 0.1) is 11.5 Å². The van der Waals surface area contributed by atoms with Crippen molar-refractivity contribution in [3.63, 3.8) is 0 Å². The van der Waals surface area contributed by atoms with E-state index in [1.165, 1.54) is 17.0 Å². The molecule has 0 aromatic heterocycles. The minimum Gasteiger partial charge on any atom is -0.493 e. The van der Waals surface area contributed by atoms with Crippen molar-refractivity contribution in [1.29, 1.82) is 0 Å². The molecule has 10 heteroatoms. The SMILES string of the molecule is CCOc1ccc(S(=O)(=O)N2CC(S)CC2C(=O)N(C)Cc2ccccc2)cc1C(=O)O. The van der Waals surface area contributed by atoms with Crippen LogP contribution in [0.25, 0.3) is 0 Å². The average molecular weight is 479 g/mol. The Morgan fingerprint density at radius 2 is 1.91 bits per heavy atom.